The fraction of sp³-hybridized carbons (Fsp3) is 0.350. The molecule has 0 saturated carbocycles. The summed E-state index contributed by atoms with van der Waals surface area (Å²) in [7, 11) is -3.80. The molecule has 0 fully saturated rings. The molecule has 0 N–H and O–H groups in total. The Hall–Kier alpha value is -2.94. The highest BCUT2D eigenvalue weighted by Crippen LogP contribution is 2.26. The van der Waals surface area contributed by atoms with Crippen LogP contribution in [0.15, 0.2) is 47.4 Å². The molecule has 0 heterocycles. The van der Waals surface area contributed by atoms with Gasteiger partial charge in [-0.05, 0) is 35.2 Å². The second-order valence-electron chi connectivity index (χ2n) is 7.47. The Balaban J connectivity index is 1.96. The van der Waals surface area contributed by atoms with Gasteiger partial charge < -0.3 is 9.47 Å². The average Bonchev–Trinajstić information content (AvgIpc) is 2.63. The first-order valence-corrected chi connectivity index (χ1v) is 10.7. The molecule has 156 valence electrons. The number of nitrogens with zero attached hydrogens (tertiary/aromatic N) is 1. The molecule has 0 unspecified atom stereocenters. The summed E-state index contributed by atoms with van der Waals surface area (Å²) in [6, 6.07) is 10.7. The molecule has 0 aliphatic heterocycles. The van der Waals surface area contributed by atoms with Crippen molar-refractivity contribution in [2.75, 3.05) is 19.5 Å². The van der Waals surface area contributed by atoms with Gasteiger partial charge in [-0.3, -0.25) is 10.1 Å². The smallest absolute Gasteiger partial charge is 0.338 e. The first-order valence-electron chi connectivity index (χ1n) is 8.78. The molecule has 0 aliphatic rings. The number of nitro benzene ring substituents is 1. The van der Waals surface area contributed by atoms with Crippen LogP contribution >= 0.6 is 0 Å². The van der Waals surface area contributed by atoms with E-state index in [9.17, 15) is 23.3 Å². The van der Waals surface area contributed by atoms with Gasteiger partial charge in [-0.15, -0.1) is 0 Å². The van der Waals surface area contributed by atoms with Crippen molar-refractivity contribution in [3.63, 3.8) is 0 Å². The Labute approximate surface area is 169 Å². The van der Waals surface area contributed by atoms with Gasteiger partial charge in [0.1, 0.15) is 23.9 Å². The number of rotatable bonds is 7. The van der Waals surface area contributed by atoms with Crippen molar-refractivity contribution in [2.24, 2.45) is 0 Å². The molecule has 0 radical (unpaired) electrons. The molecule has 2 aromatic carbocycles. The van der Waals surface area contributed by atoms with Gasteiger partial charge in [-0.25, -0.2) is 13.2 Å². The van der Waals surface area contributed by atoms with Gasteiger partial charge in [0.25, 0.3) is 5.69 Å². The number of ether oxygens (including phenoxy) is 2. The van der Waals surface area contributed by atoms with Crippen LogP contribution in [0.3, 0.4) is 0 Å². The van der Waals surface area contributed by atoms with Crippen molar-refractivity contribution in [3.8, 4) is 5.75 Å². The van der Waals surface area contributed by atoms with Crippen molar-refractivity contribution in [1.29, 1.82) is 0 Å². The van der Waals surface area contributed by atoms with Crippen molar-refractivity contribution in [1.82, 2.24) is 0 Å². The first-order chi connectivity index (χ1) is 13.4. The molecule has 2 aromatic rings. The third-order valence-corrected chi connectivity index (χ3v) is 5.24. The van der Waals surface area contributed by atoms with Gasteiger partial charge in [0.05, 0.1) is 10.5 Å². The molecule has 0 saturated heterocycles. The van der Waals surface area contributed by atoms with Crippen molar-refractivity contribution in [2.45, 2.75) is 31.1 Å². The number of nitro groups is 1. The van der Waals surface area contributed by atoms with Gasteiger partial charge >= 0.3 is 5.97 Å². The van der Waals surface area contributed by atoms with Crippen LogP contribution in [0.5, 0.6) is 5.75 Å². The van der Waals surface area contributed by atoms with Gasteiger partial charge in [0.2, 0.25) is 0 Å². The maximum atomic E-state index is 12.1. The predicted octanol–water partition coefficient (Wildman–Crippen LogP) is 3.53. The lowest BCUT2D eigenvalue weighted by molar-refractivity contribution is -0.387. The zero-order valence-corrected chi connectivity index (χ0v) is 17.5. The number of sulfone groups is 1. The van der Waals surface area contributed by atoms with E-state index in [4.69, 9.17) is 9.47 Å². The lowest BCUT2D eigenvalue weighted by Gasteiger charge is -2.19. The molecule has 2 rings (SSSR count). The van der Waals surface area contributed by atoms with E-state index in [1.54, 1.807) is 0 Å². The standard InChI is InChI=1S/C20H23NO7S/c1-20(2,3)15-6-8-16(9-7-15)27-11-12-28-19(22)14-5-10-18(29(4,25)26)17(13-14)21(23)24/h5-10,13H,11-12H2,1-4H3. The van der Waals surface area contributed by atoms with E-state index in [0.29, 0.717) is 5.75 Å². The molecule has 0 bridgehead atoms. The molecule has 29 heavy (non-hydrogen) atoms. The van der Waals surface area contributed by atoms with Crippen molar-refractivity contribution in [3.05, 3.63) is 63.7 Å². The first kappa shape index (κ1) is 22.4. The number of carbonyl (C=O) groups is 1. The third-order valence-electron chi connectivity index (χ3n) is 4.10. The SMILES string of the molecule is CC(C)(C)c1ccc(OCCOC(=O)c2ccc(S(C)(=O)=O)c([N+](=O)[O-])c2)cc1. The van der Waals surface area contributed by atoms with E-state index < -0.39 is 31.3 Å². The Kier molecular flexibility index (Phi) is 6.63. The van der Waals surface area contributed by atoms with E-state index in [-0.39, 0.29) is 24.2 Å². The van der Waals surface area contributed by atoms with Crippen LogP contribution in [-0.4, -0.2) is 38.8 Å². The summed E-state index contributed by atoms with van der Waals surface area (Å²) in [4.78, 5) is 21.9. The van der Waals surface area contributed by atoms with Gasteiger partial charge in [0.15, 0.2) is 9.84 Å². The maximum absolute atomic E-state index is 12.1. The van der Waals surface area contributed by atoms with Crippen LogP contribution in [0.4, 0.5) is 5.69 Å². The molecule has 0 aliphatic carbocycles. The minimum absolute atomic E-state index is 0.0311. The molecule has 0 aromatic heterocycles. The van der Waals surface area contributed by atoms with Gasteiger partial charge in [-0.1, -0.05) is 32.9 Å². The molecule has 0 atom stereocenters. The number of carbonyl (C=O) groups excluding carboxylic acids is 1. The Morgan fingerprint density at radius 1 is 1.07 bits per heavy atom. The summed E-state index contributed by atoms with van der Waals surface area (Å²) in [5.41, 5.74) is 0.412. The lowest BCUT2D eigenvalue weighted by atomic mass is 9.87. The number of hydrogen-bond acceptors (Lipinski definition) is 7. The zero-order chi connectivity index (χ0) is 21.8. The average molecular weight is 421 g/mol. The van der Waals surface area contributed by atoms with E-state index in [2.05, 4.69) is 20.8 Å². The van der Waals surface area contributed by atoms with Gasteiger partial charge in [0, 0.05) is 12.3 Å². The molecule has 0 amide bonds. The third kappa shape index (κ3) is 6.02. The largest absolute Gasteiger partial charge is 0.490 e. The maximum Gasteiger partial charge on any atom is 0.338 e. The molecular weight excluding hydrogens is 398 g/mol. The van der Waals surface area contributed by atoms with Crippen LogP contribution in [0, 0.1) is 10.1 Å². The quantitative estimate of drug-likeness (QED) is 0.291. The van der Waals surface area contributed by atoms with Crippen LogP contribution in [-0.2, 0) is 20.0 Å². The summed E-state index contributed by atoms with van der Waals surface area (Å²) in [6.45, 7) is 6.35. The Morgan fingerprint density at radius 2 is 1.69 bits per heavy atom. The summed E-state index contributed by atoms with van der Waals surface area (Å²) in [5, 5.41) is 11.1. The normalized spacial score (nSPS) is 11.7. The summed E-state index contributed by atoms with van der Waals surface area (Å²) < 4.78 is 33.8. The Bertz CT molecular complexity index is 1010. The second-order valence-corrected chi connectivity index (χ2v) is 9.45. The highest BCUT2D eigenvalue weighted by atomic mass is 32.2. The highest BCUT2D eigenvalue weighted by molar-refractivity contribution is 7.90. The van der Waals surface area contributed by atoms with E-state index in [0.717, 1.165) is 24.0 Å². The summed E-state index contributed by atoms with van der Waals surface area (Å²) >= 11 is 0. The second kappa shape index (κ2) is 8.60. The van der Waals surface area contributed by atoms with Crippen molar-refractivity contribution < 1.29 is 27.6 Å². The zero-order valence-electron chi connectivity index (χ0n) is 16.7. The lowest BCUT2D eigenvalue weighted by Crippen LogP contribution is -2.13. The van der Waals surface area contributed by atoms with Crippen LogP contribution < -0.4 is 4.74 Å². The molecular formula is C20H23NO7S. The minimum Gasteiger partial charge on any atom is -0.490 e. The molecule has 9 heteroatoms. The van der Waals surface area contributed by atoms with Crippen molar-refractivity contribution >= 4 is 21.5 Å². The number of benzene rings is 2. The van der Waals surface area contributed by atoms with E-state index in [1.165, 1.54) is 6.07 Å². The summed E-state index contributed by atoms with van der Waals surface area (Å²) in [6.07, 6.45) is 0.860. The van der Waals surface area contributed by atoms with Crippen LogP contribution in [0.25, 0.3) is 0 Å². The topological polar surface area (TPSA) is 113 Å². The Morgan fingerprint density at radius 3 is 2.21 bits per heavy atom. The molecule has 8 nitrogen and oxygen atoms in total. The van der Waals surface area contributed by atoms with E-state index >= 15 is 0 Å². The minimum atomic E-state index is -3.80. The fourth-order valence-corrected chi connectivity index (χ4v) is 3.36. The molecule has 0 spiro atoms. The monoisotopic (exact) mass is 421 g/mol. The summed E-state index contributed by atoms with van der Waals surface area (Å²) in [5.74, 6) is -0.179. The number of esters is 1. The van der Waals surface area contributed by atoms with Gasteiger partial charge in [-0.2, -0.15) is 0 Å². The highest BCUT2D eigenvalue weighted by Gasteiger charge is 2.24. The predicted molar refractivity (Wildman–Crippen MR) is 107 cm³/mol. The number of hydrogen-bond donors (Lipinski definition) is 0. The van der Waals surface area contributed by atoms with Crippen LogP contribution in [0.1, 0.15) is 36.7 Å². The van der Waals surface area contributed by atoms with Crippen LogP contribution in [0.2, 0.25) is 0 Å². The fourth-order valence-electron chi connectivity index (χ4n) is 2.53. The van der Waals surface area contributed by atoms with E-state index in [1.807, 2.05) is 24.3 Å².